The lowest BCUT2D eigenvalue weighted by Crippen LogP contribution is -2.32. The molecule has 0 radical (unpaired) electrons. The van der Waals surface area contributed by atoms with Crippen molar-refractivity contribution in [2.75, 3.05) is 18.1 Å². The van der Waals surface area contributed by atoms with Gasteiger partial charge >= 0.3 is 5.97 Å². The average Bonchev–Trinajstić information content (AvgIpc) is 2.91. The van der Waals surface area contributed by atoms with E-state index in [0.717, 1.165) is 11.3 Å². The third-order valence-corrected chi connectivity index (χ3v) is 3.03. The number of aromatic nitrogens is 1. The molecule has 0 saturated heterocycles. The smallest absolute Gasteiger partial charge is 0.339 e. The van der Waals surface area contributed by atoms with Crippen molar-refractivity contribution < 1.29 is 19.2 Å². The molecule has 0 fully saturated rings. The van der Waals surface area contributed by atoms with E-state index < -0.39 is 5.97 Å². The van der Waals surface area contributed by atoms with Crippen LogP contribution >= 0.6 is 0 Å². The number of para-hydroxylation sites is 1. The molecule has 1 aromatic carbocycles. The first-order valence-electron chi connectivity index (χ1n) is 5.88. The van der Waals surface area contributed by atoms with E-state index >= 15 is 0 Å². The summed E-state index contributed by atoms with van der Waals surface area (Å²) in [7, 11) is 0. The van der Waals surface area contributed by atoms with E-state index in [4.69, 9.17) is 14.4 Å². The molecule has 0 unspecified atom stereocenters. The number of carbonyl (C=O) groups is 1. The zero-order valence-electron chi connectivity index (χ0n) is 10.1. The van der Waals surface area contributed by atoms with Crippen LogP contribution in [-0.4, -0.2) is 29.4 Å². The van der Waals surface area contributed by atoms with Crippen molar-refractivity contribution >= 4 is 11.7 Å². The largest absolute Gasteiger partial charge is 0.489 e. The van der Waals surface area contributed by atoms with Crippen LogP contribution in [0.3, 0.4) is 0 Å². The van der Waals surface area contributed by atoms with Crippen LogP contribution in [-0.2, 0) is 6.54 Å². The molecule has 0 saturated carbocycles. The summed E-state index contributed by atoms with van der Waals surface area (Å²) in [6.45, 7) is 1.77. The van der Waals surface area contributed by atoms with Crippen molar-refractivity contribution in [3.63, 3.8) is 0 Å². The molecule has 3 rings (SSSR count). The van der Waals surface area contributed by atoms with Gasteiger partial charge in [0.05, 0.1) is 18.4 Å². The fourth-order valence-electron chi connectivity index (χ4n) is 2.16. The molecule has 98 valence electrons. The maximum Gasteiger partial charge on any atom is 0.339 e. The van der Waals surface area contributed by atoms with Crippen LogP contribution in [0, 0.1) is 0 Å². The summed E-state index contributed by atoms with van der Waals surface area (Å²) in [5, 5.41) is 12.8. The van der Waals surface area contributed by atoms with Gasteiger partial charge in [0.2, 0.25) is 0 Å². The third-order valence-electron chi connectivity index (χ3n) is 3.03. The van der Waals surface area contributed by atoms with E-state index in [1.54, 1.807) is 24.6 Å². The highest BCUT2D eigenvalue weighted by Gasteiger charge is 2.23. The molecule has 6 nitrogen and oxygen atoms in total. The summed E-state index contributed by atoms with van der Waals surface area (Å²) in [6, 6.07) is 5.12. The zero-order chi connectivity index (χ0) is 13.2. The lowest BCUT2D eigenvalue weighted by atomic mass is 10.1. The first kappa shape index (κ1) is 11.6. The number of nitrogens with zero attached hydrogens (tertiary/aromatic N) is 2. The van der Waals surface area contributed by atoms with Crippen LogP contribution in [0.15, 0.2) is 35.2 Å². The molecule has 0 spiro atoms. The number of carboxylic acids is 1. The average molecular weight is 260 g/mol. The predicted molar refractivity (Wildman–Crippen MR) is 66.4 cm³/mol. The Hall–Kier alpha value is -2.50. The van der Waals surface area contributed by atoms with Crippen molar-refractivity contribution in [3.05, 3.63) is 41.8 Å². The fourth-order valence-corrected chi connectivity index (χ4v) is 2.16. The first-order valence-corrected chi connectivity index (χ1v) is 5.88. The molecule has 2 heterocycles. The van der Waals surface area contributed by atoms with E-state index in [9.17, 15) is 4.79 Å². The molecule has 0 amide bonds. The minimum absolute atomic E-state index is 0.188. The highest BCUT2D eigenvalue weighted by Crippen LogP contribution is 2.35. The Bertz CT molecular complexity index is 595. The molecule has 0 aliphatic carbocycles. The molecule has 1 aliphatic rings. The maximum atomic E-state index is 11.2. The Kier molecular flexibility index (Phi) is 2.83. The van der Waals surface area contributed by atoms with Crippen LogP contribution in [0.4, 0.5) is 5.69 Å². The number of ether oxygens (including phenoxy) is 1. The van der Waals surface area contributed by atoms with Gasteiger partial charge in [-0.2, -0.15) is 0 Å². The molecule has 0 atom stereocenters. The number of anilines is 1. The van der Waals surface area contributed by atoms with Crippen molar-refractivity contribution in [1.29, 1.82) is 0 Å². The van der Waals surface area contributed by atoms with Crippen molar-refractivity contribution in [1.82, 2.24) is 5.16 Å². The maximum absolute atomic E-state index is 11.2. The minimum atomic E-state index is -0.983. The second-order valence-corrected chi connectivity index (χ2v) is 4.26. The van der Waals surface area contributed by atoms with Crippen LogP contribution in [0.2, 0.25) is 0 Å². The number of aromatic carboxylic acids is 1. The predicted octanol–water partition coefficient (Wildman–Crippen LogP) is 1.77. The Morgan fingerprint density at radius 3 is 3.11 bits per heavy atom. The Balaban J connectivity index is 1.96. The molecule has 0 bridgehead atoms. The van der Waals surface area contributed by atoms with E-state index in [1.807, 2.05) is 6.07 Å². The molecule has 1 N–H and O–H groups in total. The number of carboxylic acid groups (broad SMARTS) is 1. The molecule has 2 aromatic rings. The van der Waals surface area contributed by atoms with E-state index in [1.165, 1.54) is 0 Å². The summed E-state index contributed by atoms with van der Waals surface area (Å²) in [5.74, 6) is -0.554. The van der Waals surface area contributed by atoms with Crippen molar-refractivity contribution in [2.24, 2.45) is 0 Å². The van der Waals surface area contributed by atoms with Gasteiger partial charge in [0.25, 0.3) is 0 Å². The van der Waals surface area contributed by atoms with Crippen LogP contribution in [0.25, 0.3) is 0 Å². The normalized spacial score (nSPS) is 13.8. The zero-order valence-corrected chi connectivity index (χ0v) is 10.1. The number of benzene rings is 1. The van der Waals surface area contributed by atoms with Crippen LogP contribution < -0.4 is 9.64 Å². The number of hydrogen-bond donors (Lipinski definition) is 1. The third kappa shape index (κ3) is 2.12. The molecular formula is C13H12N2O4. The van der Waals surface area contributed by atoms with E-state index in [2.05, 4.69) is 10.1 Å². The van der Waals surface area contributed by atoms with E-state index in [0.29, 0.717) is 25.4 Å². The van der Waals surface area contributed by atoms with Gasteiger partial charge < -0.3 is 19.3 Å². The van der Waals surface area contributed by atoms with Gasteiger partial charge in [0, 0.05) is 12.1 Å². The summed E-state index contributed by atoms with van der Waals surface area (Å²) < 4.78 is 10.3. The summed E-state index contributed by atoms with van der Waals surface area (Å²) in [6.07, 6.45) is 3.23. The highest BCUT2D eigenvalue weighted by atomic mass is 16.5. The summed E-state index contributed by atoms with van der Waals surface area (Å²) >= 11 is 0. The van der Waals surface area contributed by atoms with Gasteiger partial charge in [-0.1, -0.05) is 11.2 Å². The number of fused-ring (bicyclic) bond motifs is 1. The van der Waals surface area contributed by atoms with Crippen molar-refractivity contribution in [2.45, 2.75) is 6.54 Å². The number of rotatable bonds is 3. The molecule has 1 aromatic heterocycles. The number of hydrogen-bond acceptors (Lipinski definition) is 5. The lowest BCUT2D eigenvalue weighted by molar-refractivity contribution is 0.0692. The quantitative estimate of drug-likeness (QED) is 0.906. The topological polar surface area (TPSA) is 75.8 Å². The van der Waals surface area contributed by atoms with Gasteiger partial charge in [0.1, 0.15) is 18.4 Å². The highest BCUT2D eigenvalue weighted by molar-refractivity contribution is 5.93. The molecular weight excluding hydrogens is 248 g/mol. The molecule has 1 aliphatic heterocycles. The second kappa shape index (κ2) is 4.64. The molecule has 6 heteroatoms. The fraction of sp³-hybridized carbons (Fsp3) is 0.231. The Morgan fingerprint density at radius 1 is 1.47 bits per heavy atom. The monoisotopic (exact) mass is 260 g/mol. The minimum Gasteiger partial charge on any atom is -0.489 e. The molecule has 19 heavy (non-hydrogen) atoms. The van der Waals surface area contributed by atoms with Gasteiger partial charge in [0.15, 0.2) is 5.75 Å². The van der Waals surface area contributed by atoms with Gasteiger partial charge in [-0.15, -0.1) is 0 Å². The van der Waals surface area contributed by atoms with Gasteiger partial charge in [-0.05, 0) is 12.1 Å². The van der Waals surface area contributed by atoms with Crippen LogP contribution in [0.1, 0.15) is 15.9 Å². The van der Waals surface area contributed by atoms with Gasteiger partial charge in [-0.3, -0.25) is 0 Å². The lowest BCUT2D eigenvalue weighted by Gasteiger charge is -2.31. The van der Waals surface area contributed by atoms with Crippen molar-refractivity contribution in [3.8, 4) is 5.75 Å². The summed E-state index contributed by atoms with van der Waals surface area (Å²) in [5.41, 5.74) is 1.91. The Morgan fingerprint density at radius 2 is 2.37 bits per heavy atom. The Labute approximate surface area is 109 Å². The standard InChI is InChI=1S/C13H12N2O4/c16-13(17)10-2-1-3-11-12(10)18-5-4-15(11)7-9-6-14-19-8-9/h1-3,6,8H,4-5,7H2,(H,16,17). The second-order valence-electron chi connectivity index (χ2n) is 4.26. The first-order chi connectivity index (χ1) is 9.25. The SMILES string of the molecule is O=C(O)c1cccc2c1OCCN2Cc1cnoc1. The van der Waals surface area contributed by atoms with Gasteiger partial charge in [-0.25, -0.2) is 4.79 Å². The van der Waals surface area contributed by atoms with Crippen LogP contribution in [0.5, 0.6) is 5.75 Å². The summed E-state index contributed by atoms with van der Waals surface area (Å²) in [4.78, 5) is 13.2. The van der Waals surface area contributed by atoms with E-state index in [-0.39, 0.29) is 5.56 Å².